The Hall–Kier alpha value is -2.15. The summed E-state index contributed by atoms with van der Waals surface area (Å²) < 4.78 is 0. The van der Waals surface area contributed by atoms with Crippen LogP contribution in [-0.4, -0.2) is 65.4 Å². The van der Waals surface area contributed by atoms with Gasteiger partial charge in [0.1, 0.15) is 5.56 Å². The van der Waals surface area contributed by atoms with E-state index in [9.17, 15) is 14.4 Å². The molecule has 0 spiro atoms. The molecule has 23 heavy (non-hydrogen) atoms. The number of aromatic nitrogens is 1. The molecule has 0 aliphatic carbocycles. The van der Waals surface area contributed by atoms with E-state index in [-0.39, 0.29) is 23.6 Å². The van der Waals surface area contributed by atoms with E-state index in [1.807, 2.05) is 25.8 Å². The van der Waals surface area contributed by atoms with Crippen molar-refractivity contribution in [3.05, 3.63) is 34.2 Å². The van der Waals surface area contributed by atoms with Crippen LogP contribution in [0.2, 0.25) is 0 Å². The van der Waals surface area contributed by atoms with Crippen LogP contribution in [0.3, 0.4) is 0 Å². The zero-order valence-electron chi connectivity index (χ0n) is 13.8. The van der Waals surface area contributed by atoms with Crippen molar-refractivity contribution in [1.29, 1.82) is 0 Å². The van der Waals surface area contributed by atoms with E-state index in [0.29, 0.717) is 26.1 Å². The molecule has 2 atom stereocenters. The van der Waals surface area contributed by atoms with Crippen molar-refractivity contribution in [2.75, 3.05) is 26.7 Å². The van der Waals surface area contributed by atoms with Crippen molar-refractivity contribution in [3.63, 3.8) is 0 Å². The van der Waals surface area contributed by atoms with Crippen molar-refractivity contribution in [3.8, 4) is 0 Å². The summed E-state index contributed by atoms with van der Waals surface area (Å²) in [7, 11) is 1.88. The number of carbonyl (C=O) groups is 2. The molecule has 0 radical (unpaired) electrons. The quantitative estimate of drug-likeness (QED) is 0.802. The maximum absolute atomic E-state index is 12.5. The van der Waals surface area contributed by atoms with Crippen LogP contribution in [0.15, 0.2) is 23.1 Å². The number of H-pyrrole nitrogens is 1. The van der Waals surface area contributed by atoms with Gasteiger partial charge in [-0.05, 0) is 39.4 Å². The first kappa shape index (κ1) is 17.2. The van der Waals surface area contributed by atoms with E-state index < -0.39 is 11.5 Å². The standard InChI is InChI=1S/C16H24N4O3/c1-4-20(5-2)16(23)13-9-11(10-19(13)3)18-15(22)12-7-6-8-17-14(12)21/h6-8,11,13H,4-5,9-10H2,1-3H3,(H,17,21)(H,18,22)/t11-,13+/m1/s1. The molecule has 1 fully saturated rings. The van der Waals surface area contributed by atoms with Gasteiger partial charge in [0.15, 0.2) is 0 Å². The number of pyridine rings is 1. The molecule has 1 aliphatic heterocycles. The molecule has 126 valence electrons. The molecular weight excluding hydrogens is 296 g/mol. The molecule has 1 aliphatic rings. The lowest BCUT2D eigenvalue weighted by atomic mass is 10.1. The van der Waals surface area contributed by atoms with Crippen LogP contribution < -0.4 is 10.9 Å². The molecule has 2 N–H and O–H groups in total. The van der Waals surface area contributed by atoms with E-state index in [0.717, 1.165) is 0 Å². The summed E-state index contributed by atoms with van der Waals surface area (Å²) in [5.41, 5.74) is -0.319. The highest BCUT2D eigenvalue weighted by Gasteiger charge is 2.36. The van der Waals surface area contributed by atoms with Gasteiger partial charge in [-0.1, -0.05) is 0 Å². The highest BCUT2D eigenvalue weighted by atomic mass is 16.2. The summed E-state index contributed by atoms with van der Waals surface area (Å²) in [6, 6.07) is 2.74. The van der Waals surface area contributed by atoms with E-state index in [4.69, 9.17) is 0 Å². The van der Waals surface area contributed by atoms with Gasteiger partial charge in [0.25, 0.3) is 11.5 Å². The topological polar surface area (TPSA) is 85.5 Å². The Morgan fingerprint density at radius 3 is 2.70 bits per heavy atom. The van der Waals surface area contributed by atoms with Crippen LogP contribution in [0.5, 0.6) is 0 Å². The Balaban J connectivity index is 2.01. The molecule has 0 unspecified atom stereocenters. The van der Waals surface area contributed by atoms with Gasteiger partial charge in [-0.2, -0.15) is 0 Å². The lowest BCUT2D eigenvalue weighted by molar-refractivity contribution is -0.135. The predicted molar refractivity (Wildman–Crippen MR) is 87.3 cm³/mol. The molecule has 2 rings (SSSR count). The van der Waals surface area contributed by atoms with Crippen LogP contribution in [-0.2, 0) is 4.79 Å². The first-order chi connectivity index (χ1) is 11.0. The van der Waals surface area contributed by atoms with Crippen LogP contribution in [0.4, 0.5) is 0 Å². The number of aromatic amines is 1. The summed E-state index contributed by atoms with van der Waals surface area (Å²) in [6.45, 7) is 5.86. The molecule has 7 nitrogen and oxygen atoms in total. The maximum Gasteiger partial charge on any atom is 0.260 e. The molecule has 1 aromatic heterocycles. The lowest BCUT2D eigenvalue weighted by Crippen LogP contribution is -2.44. The average Bonchev–Trinajstić information content (AvgIpc) is 2.89. The Morgan fingerprint density at radius 1 is 1.39 bits per heavy atom. The summed E-state index contributed by atoms with van der Waals surface area (Å²) in [6.07, 6.45) is 2.05. The smallest absolute Gasteiger partial charge is 0.260 e. The minimum Gasteiger partial charge on any atom is -0.348 e. The Morgan fingerprint density at radius 2 is 2.09 bits per heavy atom. The number of amides is 2. The molecule has 7 heteroatoms. The van der Waals surface area contributed by atoms with Crippen LogP contribution in [0.1, 0.15) is 30.6 Å². The normalized spacial score (nSPS) is 21.2. The van der Waals surface area contributed by atoms with E-state index in [2.05, 4.69) is 10.3 Å². The molecule has 1 saturated heterocycles. The van der Waals surface area contributed by atoms with Crippen LogP contribution in [0.25, 0.3) is 0 Å². The highest BCUT2D eigenvalue weighted by molar-refractivity contribution is 5.94. The minimum absolute atomic E-state index is 0.0896. The zero-order chi connectivity index (χ0) is 17.0. The van der Waals surface area contributed by atoms with Gasteiger partial charge in [0.2, 0.25) is 5.91 Å². The van der Waals surface area contributed by atoms with Gasteiger partial charge in [-0.3, -0.25) is 19.3 Å². The van der Waals surface area contributed by atoms with Crippen molar-refractivity contribution in [2.45, 2.75) is 32.4 Å². The lowest BCUT2D eigenvalue weighted by Gasteiger charge is -2.26. The predicted octanol–water partition coefficient (Wildman–Crippen LogP) is 0.0458. The number of carbonyl (C=O) groups excluding carboxylic acids is 2. The van der Waals surface area contributed by atoms with Crippen LogP contribution >= 0.6 is 0 Å². The maximum atomic E-state index is 12.5. The zero-order valence-corrected chi connectivity index (χ0v) is 13.8. The van der Waals surface area contributed by atoms with Crippen molar-refractivity contribution < 1.29 is 9.59 Å². The van der Waals surface area contributed by atoms with Gasteiger partial charge >= 0.3 is 0 Å². The summed E-state index contributed by atoms with van der Waals surface area (Å²) in [4.78, 5) is 42.6. The molecule has 0 bridgehead atoms. The van der Waals surface area contributed by atoms with E-state index in [1.165, 1.54) is 12.3 Å². The fraction of sp³-hybridized carbons (Fsp3) is 0.562. The Bertz CT molecular complexity index is 624. The van der Waals surface area contributed by atoms with Gasteiger partial charge in [-0.25, -0.2) is 0 Å². The van der Waals surface area contributed by atoms with Crippen molar-refractivity contribution in [1.82, 2.24) is 20.1 Å². The highest BCUT2D eigenvalue weighted by Crippen LogP contribution is 2.18. The monoisotopic (exact) mass is 320 g/mol. The number of hydrogen-bond acceptors (Lipinski definition) is 4. The summed E-state index contributed by atoms with van der Waals surface area (Å²) >= 11 is 0. The number of nitrogens with one attached hydrogen (secondary N) is 2. The third-order valence-electron chi connectivity index (χ3n) is 4.31. The van der Waals surface area contributed by atoms with Crippen molar-refractivity contribution in [2.24, 2.45) is 0 Å². The van der Waals surface area contributed by atoms with Gasteiger partial charge in [-0.15, -0.1) is 0 Å². The molecular formula is C16H24N4O3. The first-order valence-corrected chi connectivity index (χ1v) is 7.95. The first-order valence-electron chi connectivity index (χ1n) is 7.95. The van der Waals surface area contributed by atoms with Gasteiger partial charge < -0.3 is 15.2 Å². The number of rotatable bonds is 5. The fourth-order valence-electron chi connectivity index (χ4n) is 3.00. The number of nitrogens with zero attached hydrogens (tertiary/aromatic N) is 2. The Labute approximate surface area is 135 Å². The number of hydrogen-bond donors (Lipinski definition) is 2. The third-order valence-corrected chi connectivity index (χ3v) is 4.31. The van der Waals surface area contributed by atoms with Crippen LogP contribution in [0, 0.1) is 0 Å². The third kappa shape index (κ3) is 3.79. The molecule has 1 aromatic rings. The number of likely N-dealkylation sites (N-methyl/N-ethyl adjacent to an activating group) is 2. The number of likely N-dealkylation sites (tertiary alicyclic amines) is 1. The molecule has 2 amide bonds. The molecule has 0 saturated carbocycles. The largest absolute Gasteiger partial charge is 0.348 e. The van der Waals surface area contributed by atoms with Gasteiger partial charge in [0.05, 0.1) is 6.04 Å². The second kappa shape index (κ2) is 7.41. The summed E-state index contributed by atoms with van der Waals surface area (Å²) in [5.74, 6) is -0.312. The van der Waals surface area contributed by atoms with Gasteiger partial charge in [0, 0.05) is 31.9 Å². The second-order valence-corrected chi connectivity index (χ2v) is 5.78. The molecule has 0 aromatic carbocycles. The van der Waals surface area contributed by atoms with Crippen molar-refractivity contribution >= 4 is 11.8 Å². The SMILES string of the molecule is CCN(CC)C(=O)[C@@H]1C[C@@H](NC(=O)c2ccc[nH]c2=O)CN1C. The molecule has 2 heterocycles. The van der Waals surface area contributed by atoms with E-state index in [1.54, 1.807) is 11.0 Å². The average molecular weight is 320 g/mol. The summed E-state index contributed by atoms with van der Waals surface area (Å²) in [5, 5.41) is 2.85. The Kier molecular flexibility index (Phi) is 5.54. The second-order valence-electron chi connectivity index (χ2n) is 5.78. The minimum atomic E-state index is -0.410. The fourth-order valence-corrected chi connectivity index (χ4v) is 3.00. The van der Waals surface area contributed by atoms with E-state index >= 15 is 0 Å².